The van der Waals surface area contributed by atoms with Gasteiger partial charge in [-0.2, -0.15) is 0 Å². The summed E-state index contributed by atoms with van der Waals surface area (Å²) in [5.74, 6) is 0. The van der Waals surface area contributed by atoms with Gasteiger partial charge in [0.2, 0.25) is 0 Å². The first kappa shape index (κ1) is 7.26. The van der Waals surface area contributed by atoms with Gasteiger partial charge in [-0.15, -0.1) is 0 Å². The highest BCUT2D eigenvalue weighted by Crippen LogP contribution is 2.28. The van der Waals surface area contributed by atoms with E-state index in [1.165, 1.54) is 6.33 Å². The van der Waals surface area contributed by atoms with E-state index in [9.17, 15) is 0 Å². The maximum atomic E-state index is 6.60. The van der Waals surface area contributed by atoms with Gasteiger partial charge < -0.3 is 0 Å². The maximum absolute atomic E-state index is 6.60. The van der Waals surface area contributed by atoms with Crippen LogP contribution in [0.15, 0.2) is 6.33 Å². The summed E-state index contributed by atoms with van der Waals surface area (Å²) in [6, 6.07) is 0. The molecule has 0 atom stereocenters. The molecule has 0 unspecified atom stereocenters. The second-order valence-corrected chi connectivity index (χ2v) is 2.13. The molecule has 0 N–H and O–H groups in total. The van der Waals surface area contributed by atoms with E-state index in [0.29, 0.717) is 0 Å². The zero-order valence-corrected chi connectivity index (χ0v) is 6.19. The van der Waals surface area contributed by atoms with Gasteiger partial charge in [0, 0.05) is 0 Å². The average Bonchev–Trinajstić information content (AvgIpc) is 1.88. The summed E-state index contributed by atoms with van der Waals surface area (Å²) in [5, 5.41) is 0.185. The third-order valence-corrected chi connectivity index (χ3v) is 1.40. The summed E-state index contributed by atoms with van der Waals surface area (Å²) in [4.78, 5) is 10.2. The summed E-state index contributed by atoms with van der Waals surface area (Å²) in [7, 11) is 0. The van der Waals surface area contributed by atoms with Crippen LogP contribution in [0.3, 0.4) is 0 Å². The molecule has 0 radical (unpaired) electrons. The van der Waals surface area contributed by atoms with Crippen molar-refractivity contribution >= 4 is 28.9 Å². The van der Waals surface area contributed by atoms with Gasteiger partial charge in [-0.1, -0.05) is 23.2 Å². The molecule has 50 valence electrons. The van der Waals surface area contributed by atoms with Gasteiger partial charge in [-0.05, 0) is 0 Å². The van der Waals surface area contributed by atoms with E-state index in [1.54, 1.807) is 0 Å². The van der Waals surface area contributed by atoms with Crippen LogP contribution in [-0.2, 0) is 0 Å². The lowest BCUT2D eigenvalue weighted by atomic mass is 10.6. The molecule has 0 aliphatic rings. The van der Waals surface area contributed by atoms with Gasteiger partial charge in [0.15, 0.2) is 0 Å². The Hall–Kier alpha value is -0.850. The van der Waals surface area contributed by atoms with Crippen LogP contribution < -0.4 is 0 Å². The molecule has 0 saturated heterocycles. The smallest absolute Gasteiger partial charge is 0.236 e. The van der Waals surface area contributed by atoms with Crippen molar-refractivity contribution in [2.24, 2.45) is 0 Å². The normalized spacial score (nSPS) is 8.90. The molecule has 1 rings (SSSR count). The highest BCUT2D eigenvalue weighted by Gasteiger charge is 2.05. The Labute approximate surface area is 67.4 Å². The van der Waals surface area contributed by atoms with Crippen molar-refractivity contribution in [2.75, 3.05) is 0 Å². The minimum atomic E-state index is 0.0926. The van der Waals surface area contributed by atoms with Crippen LogP contribution in [0, 0.1) is 6.57 Å². The van der Waals surface area contributed by atoms with Crippen LogP contribution in [0.2, 0.25) is 10.3 Å². The maximum Gasteiger partial charge on any atom is 0.260 e. The lowest BCUT2D eigenvalue weighted by molar-refractivity contribution is 1.18. The average molecular weight is 174 g/mol. The first-order valence-corrected chi connectivity index (χ1v) is 3.04. The molecule has 0 saturated carbocycles. The molecule has 10 heavy (non-hydrogen) atoms. The number of aromatic nitrogens is 2. The molecule has 1 aromatic heterocycles. The van der Waals surface area contributed by atoms with Crippen LogP contribution in [0.1, 0.15) is 0 Å². The molecule has 0 aliphatic carbocycles. The van der Waals surface area contributed by atoms with Gasteiger partial charge in [0.25, 0.3) is 5.69 Å². The minimum absolute atomic E-state index is 0.0926. The van der Waals surface area contributed by atoms with E-state index in [0.717, 1.165) is 0 Å². The van der Waals surface area contributed by atoms with Crippen molar-refractivity contribution in [3.05, 3.63) is 28.1 Å². The molecule has 0 bridgehead atoms. The molecular formula is C5HCl2N3. The SMILES string of the molecule is [C-]#[N+]c1c(Cl)ncnc1Cl. The summed E-state index contributed by atoms with van der Waals surface area (Å²) < 4.78 is 0. The molecule has 1 aromatic rings. The van der Waals surface area contributed by atoms with Crippen molar-refractivity contribution in [3.8, 4) is 0 Å². The Morgan fingerprint density at radius 2 is 1.80 bits per heavy atom. The Kier molecular flexibility index (Phi) is 2.05. The van der Waals surface area contributed by atoms with E-state index >= 15 is 0 Å². The summed E-state index contributed by atoms with van der Waals surface area (Å²) in [5.41, 5.74) is 0.103. The monoisotopic (exact) mass is 173 g/mol. The molecule has 5 heteroatoms. The van der Waals surface area contributed by atoms with Crippen LogP contribution in [-0.4, -0.2) is 9.97 Å². The Morgan fingerprint density at radius 1 is 1.30 bits per heavy atom. The van der Waals surface area contributed by atoms with Crippen LogP contribution in [0.4, 0.5) is 5.69 Å². The third kappa shape index (κ3) is 1.18. The lowest BCUT2D eigenvalue weighted by Crippen LogP contribution is -1.79. The van der Waals surface area contributed by atoms with E-state index < -0.39 is 0 Å². The quantitative estimate of drug-likeness (QED) is 0.446. The number of hydrogen-bond acceptors (Lipinski definition) is 2. The Morgan fingerprint density at radius 3 is 2.10 bits per heavy atom. The van der Waals surface area contributed by atoms with Crippen molar-refractivity contribution in [2.45, 2.75) is 0 Å². The van der Waals surface area contributed by atoms with Gasteiger partial charge in [-0.25, -0.2) is 14.8 Å². The van der Waals surface area contributed by atoms with Crippen molar-refractivity contribution in [1.29, 1.82) is 0 Å². The van der Waals surface area contributed by atoms with E-state index in [2.05, 4.69) is 14.8 Å². The molecule has 0 spiro atoms. The predicted molar refractivity (Wildman–Crippen MR) is 38.3 cm³/mol. The second-order valence-electron chi connectivity index (χ2n) is 1.42. The standard InChI is InChI=1S/C5HCl2N3/c1-8-3-4(6)9-2-10-5(3)7/h2H. The largest absolute Gasteiger partial charge is 0.260 e. The lowest BCUT2D eigenvalue weighted by Gasteiger charge is -1.92. The summed E-state index contributed by atoms with van der Waals surface area (Å²) in [6.45, 7) is 6.60. The molecule has 0 aliphatic heterocycles. The van der Waals surface area contributed by atoms with E-state index in [-0.39, 0.29) is 16.0 Å². The number of hydrogen-bond donors (Lipinski definition) is 0. The number of halogens is 2. The Bertz CT molecular complexity index is 271. The fourth-order valence-electron chi connectivity index (χ4n) is 0.430. The highest BCUT2D eigenvalue weighted by atomic mass is 35.5. The van der Waals surface area contributed by atoms with Crippen molar-refractivity contribution < 1.29 is 0 Å². The van der Waals surface area contributed by atoms with Crippen LogP contribution in [0.25, 0.3) is 4.85 Å². The zero-order valence-electron chi connectivity index (χ0n) is 4.67. The molecule has 3 nitrogen and oxygen atoms in total. The predicted octanol–water partition coefficient (Wildman–Crippen LogP) is 2.33. The molecule has 0 fully saturated rings. The zero-order chi connectivity index (χ0) is 7.56. The minimum Gasteiger partial charge on any atom is -0.236 e. The molecule has 0 amide bonds. The van der Waals surface area contributed by atoms with Crippen LogP contribution in [0.5, 0.6) is 0 Å². The van der Waals surface area contributed by atoms with E-state index in [1.807, 2.05) is 0 Å². The van der Waals surface area contributed by atoms with Gasteiger partial charge in [0.05, 0.1) is 6.57 Å². The fourth-order valence-corrected chi connectivity index (χ4v) is 0.829. The molecule has 1 heterocycles. The van der Waals surface area contributed by atoms with Gasteiger partial charge in [-0.3, -0.25) is 0 Å². The topological polar surface area (TPSA) is 30.1 Å². The van der Waals surface area contributed by atoms with Crippen molar-refractivity contribution in [1.82, 2.24) is 9.97 Å². The molecule has 0 aromatic carbocycles. The number of rotatable bonds is 0. The third-order valence-electron chi connectivity index (χ3n) is 0.845. The van der Waals surface area contributed by atoms with E-state index in [4.69, 9.17) is 29.8 Å². The van der Waals surface area contributed by atoms with Crippen LogP contribution >= 0.6 is 23.2 Å². The second kappa shape index (κ2) is 2.82. The molecular weight excluding hydrogens is 173 g/mol. The first-order chi connectivity index (χ1) is 4.75. The van der Waals surface area contributed by atoms with Gasteiger partial charge in [0.1, 0.15) is 16.6 Å². The Balaban J connectivity index is 3.34. The summed E-state index contributed by atoms with van der Waals surface area (Å²) in [6.07, 6.45) is 1.21. The van der Waals surface area contributed by atoms with Crippen molar-refractivity contribution in [3.63, 3.8) is 0 Å². The fraction of sp³-hybridized carbons (Fsp3) is 0. The number of nitrogens with zero attached hydrogens (tertiary/aromatic N) is 3. The van der Waals surface area contributed by atoms with Gasteiger partial charge >= 0.3 is 0 Å². The highest BCUT2D eigenvalue weighted by molar-refractivity contribution is 6.37. The summed E-state index contributed by atoms with van der Waals surface area (Å²) >= 11 is 11.0. The first-order valence-electron chi connectivity index (χ1n) is 2.29.